The summed E-state index contributed by atoms with van der Waals surface area (Å²) in [7, 11) is 0. The summed E-state index contributed by atoms with van der Waals surface area (Å²) in [6.45, 7) is 6.43. The van der Waals surface area contributed by atoms with Gasteiger partial charge in [0.2, 0.25) is 5.95 Å². The van der Waals surface area contributed by atoms with Gasteiger partial charge in [0.25, 0.3) is 0 Å². The first-order chi connectivity index (χ1) is 9.58. The highest BCUT2D eigenvalue weighted by molar-refractivity contribution is 5.95. The lowest BCUT2D eigenvalue weighted by Crippen LogP contribution is -1.98. The monoisotopic (exact) mass is 266 g/mol. The molecule has 0 aliphatic rings. The van der Waals surface area contributed by atoms with Gasteiger partial charge in [-0.3, -0.25) is 0 Å². The second-order valence-electron chi connectivity index (χ2n) is 5.34. The Labute approximate surface area is 118 Å². The van der Waals surface area contributed by atoms with Gasteiger partial charge in [-0.2, -0.15) is 4.98 Å². The van der Waals surface area contributed by atoms with Crippen LogP contribution in [0, 0.1) is 6.92 Å². The first-order valence-electron chi connectivity index (χ1n) is 6.79. The molecule has 102 valence electrons. The van der Waals surface area contributed by atoms with Gasteiger partial charge in [-0.25, -0.2) is 4.98 Å². The SMILES string of the molecule is Cc1[nH]c2nc(N)nc(-c3ccccc3)c2c1C(C)C. The Balaban J connectivity index is 2.41. The predicted octanol–water partition coefficient (Wildman–Crippen LogP) is 3.64. The van der Waals surface area contributed by atoms with Gasteiger partial charge in [0.15, 0.2) is 0 Å². The third-order valence-corrected chi connectivity index (χ3v) is 3.53. The number of nitrogens with one attached hydrogen (secondary N) is 1. The van der Waals surface area contributed by atoms with E-state index in [1.165, 1.54) is 5.56 Å². The summed E-state index contributed by atoms with van der Waals surface area (Å²) in [5.74, 6) is 0.700. The van der Waals surface area contributed by atoms with Crippen LogP contribution in [-0.4, -0.2) is 15.0 Å². The largest absolute Gasteiger partial charge is 0.368 e. The van der Waals surface area contributed by atoms with Crippen LogP contribution in [0.15, 0.2) is 30.3 Å². The van der Waals surface area contributed by atoms with Crippen molar-refractivity contribution < 1.29 is 0 Å². The highest BCUT2D eigenvalue weighted by Crippen LogP contribution is 2.34. The van der Waals surface area contributed by atoms with Gasteiger partial charge in [0.1, 0.15) is 5.65 Å². The third kappa shape index (κ3) is 1.93. The van der Waals surface area contributed by atoms with Crippen molar-refractivity contribution in [1.82, 2.24) is 15.0 Å². The number of nitrogens with two attached hydrogens (primary N) is 1. The van der Waals surface area contributed by atoms with Gasteiger partial charge < -0.3 is 10.7 Å². The fraction of sp³-hybridized carbons (Fsp3) is 0.250. The fourth-order valence-corrected chi connectivity index (χ4v) is 2.78. The maximum absolute atomic E-state index is 5.86. The van der Waals surface area contributed by atoms with Gasteiger partial charge in [0.05, 0.1) is 5.69 Å². The number of aromatic nitrogens is 3. The van der Waals surface area contributed by atoms with Crippen molar-refractivity contribution in [1.29, 1.82) is 0 Å². The molecule has 0 amide bonds. The molecular formula is C16H18N4. The molecule has 20 heavy (non-hydrogen) atoms. The maximum atomic E-state index is 5.86. The van der Waals surface area contributed by atoms with Gasteiger partial charge in [-0.1, -0.05) is 44.2 Å². The van der Waals surface area contributed by atoms with Crippen LogP contribution in [0.25, 0.3) is 22.3 Å². The number of H-pyrrole nitrogens is 1. The Morgan fingerprint density at radius 1 is 1.10 bits per heavy atom. The smallest absolute Gasteiger partial charge is 0.222 e. The molecule has 0 aliphatic carbocycles. The molecule has 1 aromatic carbocycles. The second kappa shape index (κ2) is 4.63. The summed E-state index contributed by atoms with van der Waals surface area (Å²) in [5, 5.41) is 1.08. The molecule has 2 aromatic heterocycles. The highest BCUT2D eigenvalue weighted by Gasteiger charge is 2.18. The first kappa shape index (κ1) is 12.7. The Kier molecular flexibility index (Phi) is 2.93. The molecule has 0 unspecified atom stereocenters. The van der Waals surface area contributed by atoms with Crippen molar-refractivity contribution in [2.24, 2.45) is 0 Å². The number of anilines is 1. The van der Waals surface area contributed by atoms with E-state index in [0.29, 0.717) is 11.9 Å². The van der Waals surface area contributed by atoms with Crippen LogP contribution in [0.1, 0.15) is 31.0 Å². The van der Waals surface area contributed by atoms with E-state index in [-0.39, 0.29) is 0 Å². The van der Waals surface area contributed by atoms with Crippen molar-refractivity contribution in [2.75, 3.05) is 5.73 Å². The molecule has 0 aliphatic heterocycles. The second-order valence-corrected chi connectivity index (χ2v) is 5.34. The number of aromatic amines is 1. The minimum Gasteiger partial charge on any atom is -0.368 e. The molecule has 0 atom stereocenters. The number of hydrogen-bond acceptors (Lipinski definition) is 3. The van der Waals surface area contributed by atoms with E-state index in [2.05, 4.69) is 35.7 Å². The summed E-state index contributed by atoms with van der Waals surface area (Å²) in [6.07, 6.45) is 0. The minimum atomic E-state index is 0.299. The molecule has 4 heteroatoms. The van der Waals surface area contributed by atoms with E-state index in [1.807, 2.05) is 30.3 Å². The van der Waals surface area contributed by atoms with E-state index in [4.69, 9.17) is 5.73 Å². The molecule has 0 saturated heterocycles. The van der Waals surface area contributed by atoms with E-state index in [1.54, 1.807) is 0 Å². The topological polar surface area (TPSA) is 67.6 Å². The lowest BCUT2D eigenvalue weighted by molar-refractivity contribution is 0.863. The van der Waals surface area contributed by atoms with Gasteiger partial charge in [0, 0.05) is 16.6 Å². The molecule has 0 saturated carbocycles. The van der Waals surface area contributed by atoms with E-state index >= 15 is 0 Å². The Bertz CT molecular complexity index is 757. The van der Waals surface area contributed by atoms with Gasteiger partial charge >= 0.3 is 0 Å². The van der Waals surface area contributed by atoms with E-state index in [9.17, 15) is 0 Å². The molecule has 3 aromatic rings. The molecule has 0 bridgehead atoms. The fourth-order valence-electron chi connectivity index (χ4n) is 2.78. The molecule has 0 spiro atoms. The van der Waals surface area contributed by atoms with Crippen LogP contribution >= 0.6 is 0 Å². The zero-order valence-electron chi connectivity index (χ0n) is 11.9. The normalized spacial score (nSPS) is 11.4. The quantitative estimate of drug-likeness (QED) is 0.744. The van der Waals surface area contributed by atoms with Crippen molar-refractivity contribution in [3.05, 3.63) is 41.6 Å². The summed E-state index contributed by atoms with van der Waals surface area (Å²) in [6, 6.07) is 10.1. The van der Waals surface area contributed by atoms with Crippen molar-refractivity contribution >= 4 is 17.0 Å². The number of rotatable bonds is 2. The van der Waals surface area contributed by atoms with Crippen LogP contribution in [0.2, 0.25) is 0 Å². The standard InChI is InChI=1S/C16H18N4/c1-9(2)12-10(3)18-15-13(12)14(19-16(17)20-15)11-7-5-4-6-8-11/h4-9H,1-3H3,(H3,17,18,19,20). The molecule has 2 heterocycles. The predicted molar refractivity (Wildman–Crippen MR) is 82.6 cm³/mol. The van der Waals surface area contributed by atoms with E-state index < -0.39 is 0 Å². The zero-order valence-corrected chi connectivity index (χ0v) is 11.9. The number of hydrogen-bond donors (Lipinski definition) is 2. The van der Waals surface area contributed by atoms with Gasteiger partial charge in [-0.15, -0.1) is 0 Å². The average Bonchev–Trinajstić information content (AvgIpc) is 2.74. The number of aryl methyl sites for hydroxylation is 1. The molecule has 4 nitrogen and oxygen atoms in total. The molecule has 0 radical (unpaired) electrons. The van der Waals surface area contributed by atoms with Crippen LogP contribution in [0.3, 0.4) is 0 Å². The summed E-state index contributed by atoms with van der Waals surface area (Å²) in [5.41, 5.74) is 11.0. The van der Waals surface area contributed by atoms with Crippen LogP contribution in [0.5, 0.6) is 0 Å². The first-order valence-corrected chi connectivity index (χ1v) is 6.79. The Morgan fingerprint density at radius 3 is 2.45 bits per heavy atom. The minimum absolute atomic E-state index is 0.299. The van der Waals surface area contributed by atoms with Crippen LogP contribution in [0.4, 0.5) is 5.95 Å². The number of fused-ring (bicyclic) bond motifs is 1. The number of nitrogens with zero attached hydrogens (tertiary/aromatic N) is 2. The zero-order chi connectivity index (χ0) is 14.3. The molecular weight excluding hydrogens is 248 g/mol. The van der Waals surface area contributed by atoms with Crippen molar-refractivity contribution in [2.45, 2.75) is 26.7 Å². The average molecular weight is 266 g/mol. The van der Waals surface area contributed by atoms with Crippen LogP contribution < -0.4 is 5.73 Å². The summed E-state index contributed by atoms with van der Waals surface area (Å²) in [4.78, 5) is 12.1. The highest BCUT2D eigenvalue weighted by atomic mass is 15.0. The third-order valence-electron chi connectivity index (χ3n) is 3.53. The lowest BCUT2D eigenvalue weighted by atomic mass is 9.97. The van der Waals surface area contributed by atoms with Crippen molar-refractivity contribution in [3.8, 4) is 11.3 Å². The maximum Gasteiger partial charge on any atom is 0.222 e. The number of benzene rings is 1. The Morgan fingerprint density at radius 2 is 1.80 bits per heavy atom. The molecule has 0 fully saturated rings. The summed E-state index contributed by atoms with van der Waals surface area (Å²) >= 11 is 0. The van der Waals surface area contributed by atoms with Gasteiger partial charge in [-0.05, 0) is 18.4 Å². The molecule has 3 N–H and O–H groups in total. The Hall–Kier alpha value is -2.36. The van der Waals surface area contributed by atoms with Crippen molar-refractivity contribution in [3.63, 3.8) is 0 Å². The lowest BCUT2D eigenvalue weighted by Gasteiger charge is -2.09. The number of nitrogen functional groups attached to an aromatic ring is 1. The van der Waals surface area contributed by atoms with Crippen LogP contribution in [-0.2, 0) is 0 Å². The van der Waals surface area contributed by atoms with E-state index in [0.717, 1.165) is 28.0 Å². The summed E-state index contributed by atoms with van der Waals surface area (Å²) < 4.78 is 0. The molecule has 3 rings (SSSR count).